The van der Waals surface area contributed by atoms with Crippen molar-refractivity contribution in [1.29, 1.82) is 0 Å². The molecule has 1 heterocycles. The maximum Gasteiger partial charge on any atom is 0.351 e. The number of hydrogen-bond donors (Lipinski definition) is 1. The number of para-hydroxylation sites is 2. The van der Waals surface area contributed by atoms with Crippen molar-refractivity contribution in [3.8, 4) is 11.5 Å². The van der Waals surface area contributed by atoms with E-state index in [-0.39, 0.29) is 12.3 Å². The Labute approximate surface area is 151 Å². The third-order valence-corrected chi connectivity index (χ3v) is 3.82. The van der Waals surface area contributed by atoms with Gasteiger partial charge in [-0.2, -0.15) is 0 Å². The lowest BCUT2D eigenvalue weighted by Crippen LogP contribution is -2.39. The molecule has 1 unspecified atom stereocenters. The van der Waals surface area contributed by atoms with Crippen molar-refractivity contribution in [2.45, 2.75) is 6.10 Å². The summed E-state index contributed by atoms with van der Waals surface area (Å²) in [4.78, 5) is 23.8. The van der Waals surface area contributed by atoms with Gasteiger partial charge in [0.15, 0.2) is 18.1 Å². The summed E-state index contributed by atoms with van der Waals surface area (Å²) in [6.07, 6.45) is -0.966. The van der Waals surface area contributed by atoms with Gasteiger partial charge in [-0.15, -0.1) is 0 Å². The first kappa shape index (κ1) is 17.2. The lowest BCUT2D eigenvalue weighted by atomic mass is 10.2. The Kier molecular flexibility index (Phi) is 5.18. The van der Waals surface area contributed by atoms with Gasteiger partial charge in [0.1, 0.15) is 12.4 Å². The molecule has 6 nitrogen and oxygen atoms in total. The Bertz CT molecular complexity index is 813. The van der Waals surface area contributed by atoms with Crippen LogP contribution in [0.4, 0.5) is 10.1 Å². The Morgan fingerprint density at radius 1 is 1.24 bits per heavy atom. The molecule has 0 saturated heterocycles. The monoisotopic (exact) mass is 409 g/mol. The molecule has 0 spiro atoms. The molecule has 1 aliphatic heterocycles. The fourth-order valence-electron chi connectivity index (χ4n) is 2.14. The number of fused-ring (bicyclic) bond motifs is 1. The molecule has 3 rings (SSSR count). The van der Waals surface area contributed by atoms with Crippen LogP contribution in [0.1, 0.15) is 0 Å². The van der Waals surface area contributed by atoms with Gasteiger partial charge in [0.25, 0.3) is 5.91 Å². The number of esters is 1. The summed E-state index contributed by atoms with van der Waals surface area (Å²) in [6, 6.07) is 11.1. The van der Waals surface area contributed by atoms with Crippen molar-refractivity contribution in [2.24, 2.45) is 0 Å². The highest BCUT2D eigenvalue weighted by Crippen LogP contribution is 2.31. The molecule has 0 fully saturated rings. The number of carbonyl (C=O) groups is 2. The van der Waals surface area contributed by atoms with E-state index < -0.39 is 30.4 Å². The van der Waals surface area contributed by atoms with E-state index in [1.165, 1.54) is 12.1 Å². The van der Waals surface area contributed by atoms with Crippen LogP contribution in [0.3, 0.4) is 0 Å². The molecular formula is C17H13BrFNO5. The van der Waals surface area contributed by atoms with Crippen molar-refractivity contribution in [2.75, 3.05) is 18.5 Å². The van der Waals surface area contributed by atoms with Crippen LogP contribution in [0.5, 0.6) is 11.5 Å². The number of ether oxygens (including phenoxy) is 3. The smallest absolute Gasteiger partial charge is 0.351 e. The molecule has 130 valence electrons. The molecule has 1 N–H and O–H groups in total. The van der Waals surface area contributed by atoms with Crippen molar-refractivity contribution < 1.29 is 28.2 Å². The molecule has 2 aromatic carbocycles. The van der Waals surface area contributed by atoms with Crippen LogP contribution in [0.15, 0.2) is 46.9 Å². The summed E-state index contributed by atoms with van der Waals surface area (Å²) in [7, 11) is 0. The zero-order valence-corrected chi connectivity index (χ0v) is 14.4. The molecule has 1 amide bonds. The number of anilines is 1. The largest absolute Gasteiger partial charge is 0.485 e. The van der Waals surface area contributed by atoms with E-state index in [9.17, 15) is 14.0 Å². The van der Waals surface area contributed by atoms with Crippen molar-refractivity contribution >= 4 is 33.5 Å². The topological polar surface area (TPSA) is 73.9 Å². The standard InChI is InChI=1S/C17H13BrFNO5/c18-10-5-6-12(11(19)7-10)20-16(21)9-24-17(22)15-8-23-13-3-1-2-4-14(13)25-15/h1-7,15H,8-9H2,(H,20,21). The van der Waals surface area contributed by atoms with Crippen LogP contribution < -0.4 is 14.8 Å². The molecular weight excluding hydrogens is 397 g/mol. The lowest BCUT2D eigenvalue weighted by Gasteiger charge is -2.24. The van der Waals surface area contributed by atoms with Crippen molar-refractivity contribution in [1.82, 2.24) is 0 Å². The van der Waals surface area contributed by atoms with Crippen LogP contribution in [0, 0.1) is 5.82 Å². The molecule has 0 aromatic heterocycles. The molecule has 1 aliphatic rings. The van der Waals surface area contributed by atoms with Crippen LogP contribution in [-0.2, 0) is 14.3 Å². The zero-order chi connectivity index (χ0) is 17.8. The first-order valence-electron chi connectivity index (χ1n) is 7.33. The van der Waals surface area contributed by atoms with E-state index in [1.807, 2.05) is 0 Å². The molecule has 0 saturated carbocycles. The average molecular weight is 410 g/mol. The fraction of sp³-hybridized carbons (Fsp3) is 0.176. The highest BCUT2D eigenvalue weighted by atomic mass is 79.9. The highest BCUT2D eigenvalue weighted by molar-refractivity contribution is 9.10. The molecule has 2 aromatic rings. The minimum atomic E-state index is -0.966. The van der Waals surface area contributed by atoms with Crippen molar-refractivity contribution in [3.05, 3.63) is 52.8 Å². The minimum Gasteiger partial charge on any atom is -0.485 e. The summed E-state index contributed by atoms with van der Waals surface area (Å²) in [5.74, 6) is -1.03. The minimum absolute atomic E-state index is 0.00424. The number of amides is 1. The van der Waals surface area contributed by atoms with Gasteiger partial charge < -0.3 is 19.5 Å². The van der Waals surface area contributed by atoms with E-state index in [2.05, 4.69) is 21.2 Å². The molecule has 0 radical (unpaired) electrons. The number of carbonyl (C=O) groups excluding carboxylic acids is 2. The molecule has 0 bridgehead atoms. The summed E-state index contributed by atoms with van der Waals surface area (Å²) in [5, 5.41) is 2.33. The Balaban J connectivity index is 1.51. The second kappa shape index (κ2) is 7.52. The van der Waals surface area contributed by atoms with E-state index in [0.29, 0.717) is 16.0 Å². The first-order valence-corrected chi connectivity index (χ1v) is 8.12. The van der Waals surface area contributed by atoms with E-state index in [0.717, 1.165) is 0 Å². The van der Waals surface area contributed by atoms with E-state index in [4.69, 9.17) is 14.2 Å². The average Bonchev–Trinajstić information content (AvgIpc) is 2.61. The second-order valence-corrected chi connectivity index (χ2v) is 6.06. The van der Waals surface area contributed by atoms with Crippen LogP contribution in [0.25, 0.3) is 0 Å². The summed E-state index contributed by atoms with van der Waals surface area (Å²) < 4.78 is 30.0. The van der Waals surface area contributed by atoms with Gasteiger partial charge >= 0.3 is 5.97 Å². The Hall–Kier alpha value is -2.61. The van der Waals surface area contributed by atoms with Gasteiger partial charge in [-0.05, 0) is 30.3 Å². The Morgan fingerprint density at radius 3 is 2.76 bits per heavy atom. The van der Waals surface area contributed by atoms with E-state index >= 15 is 0 Å². The van der Waals surface area contributed by atoms with Gasteiger partial charge in [-0.3, -0.25) is 4.79 Å². The zero-order valence-electron chi connectivity index (χ0n) is 12.8. The predicted octanol–water partition coefficient (Wildman–Crippen LogP) is 2.91. The van der Waals surface area contributed by atoms with Gasteiger partial charge in [0.05, 0.1) is 5.69 Å². The first-order chi connectivity index (χ1) is 12.0. The summed E-state index contributed by atoms with van der Waals surface area (Å²) in [5.41, 5.74) is -0.00424. The molecule has 1 atom stereocenters. The SMILES string of the molecule is O=C(COC(=O)C1COc2ccccc2O1)Nc1ccc(Br)cc1F. The third kappa shape index (κ3) is 4.27. The maximum absolute atomic E-state index is 13.7. The normalized spacial score (nSPS) is 15.4. The summed E-state index contributed by atoms with van der Waals surface area (Å²) in [6.45, 7) is -0.575. The van der Waals surface area contributed by atoms with Gasteiger partial charge in [-0.1, -0.05) is 28.1 Å². The lowest BCUT2D eigenvalue weighted by molar-refractivity contribution is -0.156. The van der Waals surface area contributed by atoms with Gasteiger partial charge in [-0.25, -0.2) is 9.18 Å². The number of nitrogens with one attached hydrogen (secondary N) is 1. The number of hydrogen-bond acceptors (Lipinski definition) is 5. The highest BCUT2D eigenvalue weighted by Gasteiger charge is 2.29. The number of halogens is 2. The Morgan fingerprint density at radius 2 is 2.00 bits per heavy atom. The molecule has 0 aliphatic carbocycles. The van der Waals surface area contributed by atoms with Gasteiger partial charge in [0.2, 0.25) is 6.10 Å². The third-order valence-electron chi connectivity index (χ3n) is 3.32. The molecule has 8 heteroatoms. The van der Waals surface area contributed by atoms with Crippen LogP contribution >= 0.6 is 15.9 Å². The second-order valence-electron chi connectivity index (χ2n) is 5.14. The predicted molar refractivity (Wildman–Crippen MR) is 90.0 cm³/mol. The fourth-order valence-corrected chi connectivity index (χ4v) is 2.48. The molecule has 25 heavy (non-hydrogen) atoms. The quantitative estimate of drug-likeness (QED) is 0.785. The van der Waals surface area contributed by atoms with Crippen molar-refractivity contribution in [3.63, 3.8) is 0 Å². The number of rotatable bonds is 4. The van der Waals surface area contributed by atoms with Gasteiger partial charge in [0, 0.05) is 4.47 Å². The van der Waals surface area contributed by atoms with Crippen LogP contribution in [0.2, 0.25) is 0 Å². The maximum atomic E-state index is 13.7. The number of benzene rings is 2. The van der Waals surface area contributed by atoms with E-state index in [1.54, 1.807) is 30.3 Å². The summed E-state index contributed by atoms with van der Waals surface area (Å²) >= 11 is 3.12. The van der Waals surface area contributed by atoms with Crippen LogP contribution in [-0.4, -0.2) is 31.2 Å².